The van der Waals surface area contributed by atoms with Crippen molar-refractivity contribution in [2.75, 3.05) is 18.0 Å². The maximum absolute atomic E-state index is 4.54. The van der Waals surface area contributed by atoms with E-state index in [-0.39, 0.29) is 0 Å². The first-order chi connectivity index (χ1) is 12.8. The Morgan fingerprint density at radius 1 is 0.962 bits per heavy atom. The lowest BCUT2D eigenvalue weighted by molar-refractivity contribution is 0.505. The highest BCUT2D eigenvalue weighted by Gasteiger charge is 2.24. The van der Waals surface area contributed by atoms with Crippen LogP contribution in [0.4, 0.5) is 5.82 Å². The van der Waals surface area contributed by atoms with Gasteiger partial charge in [-0.15, -0.1) is 0 Å². The molecule has 4 aromatic rings. The van der Waals surface area contributed by atoms with Gasteiger partial charge >= 0.3 is 0 Å². The molecule has 0 aliphatic carbocycles. The number of piperidine rings is 1. The molecule has 6 nitrogen and oxygen atoms in total. The molecule has 1 aliphatic heterocycles. The fourth-order valence-electron chi connectivity index (χ4n) is 4.08. The van der Waals surface area contributed by atoms with Crippen LogP contribution in [0.25, 0.3) is 21.9 Å². The number of hydrogen-bond acceptors (Lipinski definition) is 5. The third-order valence-corrected chi connectivity index (χ3v) is 5.43. The Bertz CT molecular complexity index is 1070. The normalized spacial score (nSPS) is 15.8. The maximum Gasteiger partial charge on any atom is 0.163 e. The van der Waals surface area contributed by atoms with Crippen LogP contribution in [0.15, 0.2) is 49.1 Å². The standard InChI is InChI=1S/C20H20N6/c1-25-19-17(12-24-25)20(23-13-22-19)26-10-7-14(8-11-26)15-6-9-21-18-5-3-2-4-16(15)18/h2-6,9,12-14H,7-8,10-11H2,1H3. The second-order valence-electron chi connectivity index (χ2n) is 6.88. The van der Waals surface area contributed by atoms with Gasteiger partial charge in [0.05, 0.1) is 17.1 Å². The summed E-state index contributed by atoms with van der Waals surface area (Å²) in [7, 11) is 1.92. The smallest absolute Gasteiger partial charge is 0.163 e. The molecule has 5 rings (SSSR count). The number of benzene rings is 1. The molecule has 0 spiro atoms. The van der Waals surface area contributed by atoms with E-state index in [1.54, 1.807) is 11.0 Å². The zero-order chi connectivity index (χ0) is 17.5. The molecule has 4 heterocycles. The first-order valence-electron chi connectivity index (χ1n) is 9.02. The summed E-state index contributed by atoms with van der Waals surface area (Å²) in [4.78, 5) is 15.8. The monoisotopic (exact) mass is 344 g/mol. The molecule has 0 N–H and O–H groups in total. The van der Waals surface area contributed by atoms with Crippen LogP contribution in [-0.2, 0) is 7.05 Å². The fraction of sp³-hybridized carbons (Fsp3) is 0.300. The summed E-state index contributed by atoms with van der Waals surface area (Å²) in [6.45, 7) is 1.98. The van der Waals surface area contributed by atoms with Crippen molar-refractivity contribution >= 4 is 27.8 Å². The lowest BCUT2D eigenvalue weighted by Crippen LogP contribution is -2.33. The van der Waals surface area contributed by atoms with E-state index in [0.717, 1.165) is 48.3 Å². The molecule has 3 aromatic heterocycles. The van der Waals surface area contributed by atoms with Crippen LogP contribution < -0.4 is 4.90 Å². The third-order valence-electron chi connectivity index (χ3n) is 5.43. The minimum absolute atomic E-state index is 0.561. The van der Waals surface area contributed by atoms with Crippen LogP contribution in [-0.4, -0.2) is 37.8 Å². The van der Waals surface area contributed by atoms with E-state index >= 15 is 0 Å². The van der Waals surface area contributed by atoms with Crippen molar-refractivity contribution in [1.29, 1.82) is 0 Å². The summed E-state index contributed by atoms with van der Waals surface area (Å²) < 4.78 is 1.80. The fourth-order valence-corrected chi connectivity index (χ4v) is 4.08. The van der Waals surface area contributed by atoms with Gasteiger partial charge in [0.2, 0.25) is 0 Å². The van der Waals surface area contributed by atoms with E-state index < -0.39 is 0 Å². The average Bonchev–Trinajstić information content (AvgIpc) is 3.09. The van der Waals surface area contributed by atoms with Gasteiger partial charge in [0.15, 0.2) is 5.65 Å². The van der Waals surface area contributed by atoms with Crippen LogP contribution in [0.5, 0.6) is 0 Å². The van der Waals surface area contributed by atoms with Crippen LogP contribution >= 0.6 is 0 Å². The van der Waals surface area contributed by atoms with Crippen molar-refractivity contribution in [3.63, 3.8) is 0 Å². The van der Waals surface area contributed by atoms with Crippen molar-refractivity contribution < 1.29 is 0 Å². The van der Waals surface area contributed by atoms with E-state index in [4.69, 9.17) is 0 Å². The van der Waals surface area contributed by atoms with Gasteiger partial charge in [0.1, 0.15) is 12.1 Å². The molecule has 0 unspecified atom stereocenters. The Morgan fingerprint density at radius 3 is 2.69 bits per heavy atom. The molecule has 1 saturated heterocycles. The summed E-state index contributed by atoms with van der Waals surface area (Å²) in [5.41, 5.74) is 3.39. The lowest BCUT2D eigenvalue weighted by atomic mass is 9.87. The summed E-state index contributed by atoms with van der Waals surface area (Å²) in [5, 5.41) is 6.64. The predicted molar refractivity (Wildman–Crippen MR) is 102 cm³/mol. The molecule has 1 fully saturated rings. The Kier molecular flexibility index (Phi) is 3.55. The highest BCUT2D eigenvalue weighted by atomic mass is 15.3. The number of nitrogens with zero attached hydrogens (tertiary/aromatic N) is 6. The SMILES string of the molecule is Cn1ncc2c(N3CCC(c4ccnc5ccccc45)CC3)ncnc21. The molecular formula is C20H20N6. The van der Waals surface area contributed by atoms with Crippen molar-refractivity contribution in [2.45, 2.75) is 18.8 Å². The van der Waals surface area contributed by atoms with Crippen molar-refractivity contribution in [3.8, 4) is 0 Å². The van der Waals surface area contributed by atoms with Crippen molar-refractivity contribution in [3.05, 3.63) is 54.6 Å². The van der Waals surface area contributed by atoms with Crippen LogP contribution in [0.3, 0.4) is 0 Å². The molecule has 130 valence electrons. The molecule has 0 saturated carbocycles. The molecule has 0 amide bonds. The average molecular weight is 344 g/mol. The van der Waals surface area contributed by atoms with Crippen LogP contribution in [0.2, 0.25) is 0 Å². The van der Waals surface area contributed by atoms with E-state index in [2.05, 4.69) is 55.3 Å². The van der Waals surface area contributed by atoms with Gasteiger partial charge in [-0.25, -0.2) is 9.97 Å². The topological polar surface area (TPSA) is 59.7 Å². The van der Waals surface area contributed by atoms with Gasteiger partial charge < -0.3 is 4.90 Å². The number of pyridine rings is 1. The van der Waals surface area contributed by atoms with E-state index in [9.17, 15) is 0 Å². The second kappa shape index (κ2) is 6.05. The summed E-state index contributed by atoms with van der Waals surface area (Å²) in [6, 6.07) is 10.6. The minimum Gasteiger partial charge on any atom is -0.356 e. The summed E-state index contributed by atoms with van der Waals surface area (Å²) in [6.07, 6.45) is 7.67. The second-order valence-corrected chi connectivity index (χ2v) is 6.88. The van der Waals surface area contributed by atoms with E-state index in [1.807, 2.05) is 19.4 Å². The Labute approximate surface area is 151 Å². The summed E-state index contributed by atoms with van der Waals surface area (Å²) in [5.74, 6) is 1.56. The molecule has 0 radical (unpaired) electrons. The Hall–Kier alpha value is -3.02. The number of anilines is 1. The highest BCUT2D eigenvalue weighted by Crippen LogP contribution is 2.34. The molecule has 26 heavy (non-hydrogen) atoms. The van der Waals surface area contributed by atoms with Gasteiger partial charge in [-0.3, -0.25) is 9.67 Å². The van der Waals surface area contributed by atoms with Crippen LogP contribution in [0.1, 0.15) is 24.3 Å². The van der Waals surface area contributed by atoms with Crippen molar-refractivity contribution in [1.82, 2.24) is 24.7 Å². The lowest BCUT2D eigenvalue weighted by Gasteiger charge is -2.33. The molecule has 0 atom stereocenters. The number of fused-ring (bicyclic) bond motifs is 2. The quantitative estimate of drug-likeness (QED) is 0.558. The number of para-hydroxylation sites is 1. The molecule has 0 bridgehead atoms. The first kappa shape index (κ1) is 15.3. The van der Waals surface area contributed by atoms with Gasteiger partial charge in [-0.2, -0.15) is 5.10 Å². The molecule has 6 heteroatoms. The minimum atomic E-state index is 0.561. The number of rotatable bonds is 2. The van der Waals surface area contributed by atoms with E-state index in [0.29, 0.717) is 5.92 Å². The molecular weight excluding hydrogens is 324 g/mol. The Balaban J connectivity index is 1.42. The zero-order valence-corrected chi connectivity index (χ0v) is 14.7. The van der Waals surface area contributed by atoms with Gasteiger partial charge in [-0.05, 0) is 36.5 Å². The van der Waals surface area contributed by atoms with Gasteiger partial charge in [0, 0.05) is 31.7 Å². The highest BCUT2D eigenvalue weighted by molar-refractivity contribution is 5.86. The summed E-state index contributed by atoms with van der Waals surface area (Å²) >= 11 is 0. The third kappa shape index (κ3) is 2.41. The number of hydrogen-bond donors (Lipinski definition) is 0. The van der Waals surface area contributed by atoms with Gasteiger partial charge in [0.25, 0.3) is 0 Å². The maximum atomic E-state index is 4.54. The Morgan fingerprint density at radius 2 is 1.81 bits per heavy atom. The predicted octanol–water partition coefficient (Wildman–Crippen LogP) is 3.30. The zero-order valence-electron chi connectivity index (χ0n) is 14.7. The van der Waals surface area contributed by atoms with Gasteiger partial charge in [-0.1, -0.05) is 18.2 Å². The number of aryl methyl sites for hydroxylation is 1. The number of aromatic nitrogens is 5. The van der Waals surface area contributed by atoms with Crippen LogP contribution in [0, 0.1) is 0 Å². The molecule has 1 aliphatic rings. The molecule has 1 aromatic carbocycles. The van der Waals surface area contributed by atoms with E-state index in [1.165, 1.54) is 10.9 Å². The first-order valence-corrected chi connectivity index (χ1v) is 9.02. The van der Waals surface area contributed by atoms with Crippen molar-refractivity contribution in [2.24, 2.45) is 7.05 Å². The largest absolute Gasteiger partial charge is 0.356 e.